The highest BCUT2D eigenvalue weighted by atomic mass is 19.2. The van der Waals surface area contributed by atoms with Crippen LogP contribution in [0.25, 0.3) is 0 Å². The molecule has 14 heavy (non-hydrogen) atoms. The smallest absolute Gasteiger partial charge is 0.163 e. The summed E-state index contributed by atoms with van der Waals surface area (Å²) in [6.45, 7) is 3.67. The molecule has 0 amide bonds. The minimum Gasteiger partial charge on any atom is -0.316 e. The lowest BCUT2D eigenvalue weighted by Gasteiger charge is -2.01. The lowest BCUT2D eigenvalue weighted by Crippen LogP contribution is -2.09. The van der Waals surface area contributed by atoms with E-state index in [9.17, 15) is 13.2 Å². The first-order chi connectivity index (χ1) is 6.65. The molecule has 0 bridgehead atoms. The lowest BCUT2D eigenvalue weighted by atomic mass is 10.2. The topological polar surface area (TPSA) is 32.3 Å². The average molecular weight is 207 g/mol. The summed E-state index contributed by atoms with van der Waals surface area (Å²) in [5, 5.41) is 8.16. The third kappa shape index (κ3) is 3.35. The van der Waals surface area contributed by atoms with Crippen molar-refractivity contribution in [2.75, 3.05) is 0 Å². The van der Waals surface area contributed by atoms with E-state index < -0.39 is 17.5 Å². The second kappa shape index (κ2) is 6.39. The largest absolute Gasteiger partial charge is 0.316 e. The molecule has 0 atom stereocenters. The van der Waals surface area contributed by atoms with Crippen LogP contribution in [0.1, 0.15) is 19.4 Å². The highest BCUT2D eigenvalue weighted by Crippen LogP contribution is 2.13. The molecule has 5 heteroatoms. The molecule has 0 radical (unpaired) electrons. The van der Waals surface area contributed by atoms with Gasteiger partial charge in [-0.15, -0.1) is 0 Å². The van der Waals surface area contributed by atoms with E-state index in [2.05, 4.69) is 0 Å². The molecule has 0 aromatic heterocycles. The number of hydroxylamine groups is 1. The van der Waals surface area contributed by atoms with Gasteiger partial charge in [0.25, 0.3) is 0 Å². The summed E-state index contributed by atoms with van der Waals surface area (Å²) >= 11 is 0. The first kappa shape index (κ1) is 12.9. The van der Waals surface area contributed by atoms with Gasteiger partial charge >= 0.3 is 0 Å². The van der Waals surface area contributed by atoms with Crippen molar-refractivity contribution in [3.63, 3.8) is 0 Å². The molecule has 0 heterocycles. The van der Waals surface area contributed by atoms with Crippen LogP contribution in [0.4, 0.5) is 13.2 Å². The summed E-state index contributed by atoms with van der Waals surface area (Å²) in [7, 11) is 0. The quantitative estimate of drug-likeness (QED) is 0.577. The average Bonchev–Trinajstić information content (AvgIpc) is 2.17. The Kier molecular flexibility index (Phi) is 5.91. The van der Waals surface area contributed by atoms with Crippen LogP contribution in [0.5, 0.6) is 0 Å². The maximum atomic E-state index is 12.7. The fraction of sp³-hybridized carbons (Fsp3) is 0.333. The Bertz CT molecular complexity index is 292. The van der Waals surface area contributed by atoms with Crippen molar-refractivity contribution in [3.05, 3.63) is 35.1 Å². The number of benzene rings is 1. The lowest BCUT2D eigenvalue weighted by molar-refractivity contribution is 0.159. The van der Waals surface area contributed by atoms with E-state index >= 15 is 0 Å². The number of rotatable bonds is 2. The summed E-state index contributed by atoms with van der Waals surface area (Å²) in [5.41, 5.74) is 1.35. The van der Waals surface area contributed by atoms with Crippen molar-refractivity contribution in [2.24, 2.45) is 0 Å². The fourth-order valence-electron chi connectivity index (χ4n) is 0.823. The van der Waals surface area contributed by atoms with Crippen molar-refractivity contribution in [2.45, 2.75) is 20.4 Å². The van der Waals surface area contributed by atoms with E-state index in [-0.39, 0.29) is 12.1 Å². The van der Waals surface area contributed by atoms with Gasteiger partial charge in [0.1, 0.15) is 5.82 Å². The number of hydrogen-bond acceptors (Lipinski definition) is 2. The number of nitrogens with one attached hydrogen (secondary N) is 1. The zero-order valence-corrected chi connectivity index (χ0v) is 7.94. The normalized spacial score (nSPS) is 9.29. The summed E-state index contributed by atoms with van der Waals surface area (Å²) in [4.78, 5) is 0. The minimum absolute atomic E-state index is 0.255. The van der Waals surface area contributed by atoms with Gasteiger partial charge < -0.3 is 5.21 Å². The first-order valence-corrected chi connectivity index (χ1v) is 4.15. The third-order valence-electron chi connectivity index (χ3n) is 1.34. The molecule has 0 aliphatic rings. The Morgan fingerprint density at radius 3 is 2.29 bits per heavy atom. The molecule has 0 saturated carbocycles. The van der Waals surface area contributed by atoms with Crippen molar-refractivity contribution < 1.29 is 18.4 Å². The monoisotopic (exact) mass is 207 g/mol. The molecule has 0 spiro atoms. The van der Waals surface area contributed by atoms with Gasteiger partial charge in [0.15, 0.2) is 11.6 Å². The highest BCUT2D eigenvalue weighted by molar-refractivity contribution is 5.19. The maximum Gasteiger partial charge on any atom is 0.163 e. The van der Waals surface area contributed by atoms with Gasteiger partial charge in [-0.25, -0.2) is 18.7 Å². The molecule has 0 aliphatic heterocycles. The molecular weight excluding hydrogens is 195 g/mol. The van der Waals surface area contributed by atoms with Gasteiger partial charge in [-0.1, -0.05) is 13.8 Å². The van der Waals surface area contributed by atoms with E-state index in [1.807, 2.05) is 13.8 Å². The van der Waals surface area contributed by atoms with Crippen LogP contribution in [-0.2, 0) is 6.54 Å². The van der Waals surface area contributed by atoms with E-state index in [4.69, 9.17) is 5.21 Å². The molecule has 2 N–H and O–H groups in total. The van der Waals surface area contributed by atoms with Crippen molar-refractivity contribution >= 4 is 0 Å². The van der Waals surface area contributed by atoms with E-state index in [0.29, 0.717) is 6.07 Å². The minimum atomic E-state index is -1.26. The molecule has 1 aromatic rings. The molecule has 1 rings (SSSR count). The second-order valence-electron chi connectivity index (χ2n) is 2.20. The fourth-order valence-corrected chi connectivity index (χ4v) is 0.823. The van der Waals surface area contributed by atoms with Gasteiger partial charge in [-0.3, -0.25) is 0 Å². The number of halogens is 3. The molecule has 2 nitrogen and oxygen atoms in total. The summed E-state index contributed by atoms with van der Waals surface area (Å²) in [5.74, 6) is -3.29. The summed E-state index contributed by atoms with van der Waals surface area (Å²) < 4.78 is 37.5. The van der Waals surface area contributed by atoms with Gasteiger partial charge in [-0.2, -0.15) is 0 Å². The van der Waals surface area contributed by atoms with Gasteiger partial charge in [0.2, 0.25) is 0 Å². The molecule has 80 valence electrons. The van der Waals surface area contributed by atoms with E-state index in [0.717, 1.165) is 6.07 Å². The van der Waals surface area contributed by atoms with Gasteiger partial charge in [0.05, 0.1) is 0 Å². The molecule has 0 aliphatic carbocycles. The van der Waals surface area contributed by atoms with Crippen LogP contribution in [0.3, 0.4) is 0 Å². The molecular formula is C9H12F3NO. The standard InChI is InChI=1S/C7H6F3NO.C2H6/c8-5-1-4(3-11-12)7(10)6(9)2-5;1-2/h1-2,11-12H,3H2;1-2H3. The second-order valence-corrected chi connectivity index (χ2v) is 2.20. The predicted molar refractivity (Wildman–Crippen MR) is 46.3 cm³/mol. The third-order valence-corrected chi connectivity index (χ3v) is 1.34. The van der Waals surface area contributed by atoms with E-state index in [1.165, 1.54) is 0 Å². The Morgan fingerprint density at radius 2 is 1.79 bits per heavy atom. The van der Waals surface area contributed by atoms with Crippen LogP contribution in [0.2, 0.25) is 0 Å². The van der Waals surface area contributed by atoms with Crippen LogP contribution in [0.15, 0.2) is 12.1 Å². The Labute approximate surface area is 80.3 Å². The highest BCUT2D eigenvalue weighted by Gasteiger charge is 2.09. The van der Waals surface area contributed by atoms with Crippen molar-refractivity contribution in [1.82, 2.24) is 5.48 Å². The summed E-state index contributed by atoms with van der Waals surface area (Å²) in [6.07, 6.45) is 0. The van der Waals surface area contributed by atoms with Crippen LogP contribution >= 0.6 is 0 Å². The van der Waals surface area contributed by atoms with Crippen molar-refractivity contribution in [3.8, 4) is 0 Å². The molecule has 0 fully saturated rings. The van der Waals surface area contributed by atoms with Gasteiger partial charge in [-0.05, 0) is 6.07 Å². The molecule has 0 saturated heterocycles. The summed E-state index contributed by atoms with van der Waals surface area (Å²) in [6, 6.07) is 1.25. The Hall–Kier alpha value is -1.07. The number of hydrogen-bond donors (Lipinski definition) is 2. The van der Waals surface area contributed by atoms with Crippen LogP contribution in [0, 0.1) is 17.5 Å². The predicted octanol–water partition coefficient (Wildman–Crippen LogP) is 2.61. The SMILES string of the molecule is CC.ONCc1cc(F)cc(F)c1F. The zero-order valence-electron chi connectivity index (χ0n) is 7.94. The van der Waals surface area contributed by atoms with Crippen LogP contribution in [-0.4, -0.2) is 5.21 Å². The van der Waals surface area contributed by atoms with Crippen LogP contribution < -0.4 is 5.48 Å². The van der Waals surface area contributed by atoms with Crippen molar-refractivity contribution in [1.29, 1.82) is 0 Å². The Balaban J connectivity index is 0.000000791. The zero-order chi connectivity index (χ0) is 11.1. The Morgan fingerprint density at radius 1 is 1.21 bits per heavy atom. The van der Waals surface area contributed by atoms with Gasteiger partial charge in [0, 0.05) is 18.2 Å². The first-order valence-electron chi connectivity index (χ1n) is 4.15. The van der Waals surface area contributed by atoms with E-state index in [1.54, 1.807) is 5.48 Å². The molecule has 0 unspecified atom stereocenters. The molecule has 1 aromatic carbocycles. The maximum absolute atomic E-state index is 12.7.